The van der Waals surface area contributed by atoms with E-state index in [-0.39, 0.29) is 0 Å². The lowest BCUT2D eigenvalue weighted by molar-refractivity contribution is 0.0964. The van der Waals surface area contributed by atoms with Gasteiger partial charge in [-0.15, -0.1) is 0 Å². The lowest BCUT2D eigenvalue weighted by Crippen LogP contribution is -2.29. The molecule has 106 valence electrons. The minimum absolute atomic E-state index is 0.326. The quantitative estimate of drug-likeness (QED) is 0.914. The Hall–Kier alpha value is -1.38. The van der Waals surface area contributed by atoms with Gasteiger partial charge in [-0.1, -0.05) is 36.4 Å². The molecule has 0 aliphatic carbocycles. The van der Waals surface area contributed by atoms with Gasteiger partial charge in [-0.05, 0) is 49.2 Å². The van der Waals surface area contributed by atoms with Crippen LogP contribution in [0, 0.1) is 12.8 Å². The molecule has 0 radical (unpaired) electrons. The zero-order valence-electron chi connectivity index (χ0n) is 12.5. The summed E-state index contributed by atoms with van der Waals surface area (Å²) in [6, 6.07) is 13.6. The lowest BCUT2D eigenvalue weighted by Gasteiger charge is -2.27. The van der Waals surface area contributed by atoms with Gasteiger partial charge < -0.3 is 10.1 Å². The molecule has 0 aromatic heterocycles. The summed E-state index contributed by atoms with van der Waals surface area (Å²) < 4.78 is 5.77. The van der Waals surface area contributed by atoms with E-state index in [4.69, 9.17) is 4.74 Å². The smallest absolute Gasteiger partial charge is 0.0594 e. The highest BCUT2D eigenvalue weighted by molar-refractivity contribution is 5.89. The molecule has 3 atom stereocenters. The number of ether oxygens (including phenoxy) is 1. The van der Waals surface area contributed by atoms with Crippen LogP contribution in [0.1, 0.15) is 30.5 Å². The number of hydrogen-bond acceptors (Lipinski definition) is 2. The van der Waals surface area contributed by atoms with E-state index in [0.717, 1.165) is 13.0 Å². The summed E-state index contributed by atoms with van der Waals surface area (Å²) >= 11 is 0. The van der Waals surface area contributed by atoms with Crippen LogP contribution < -0.4 is 5.32 Å². The lowest BCUT2D eigenvalue weighted by atomic mass is 9.85. The summed E-state index contributed by atoms with van der Waals surface area (Å²) in [5.41, 5.74) is 2.74. The summed E-state index contributed by atoms with van der Waals surface area (Å²) in [6.45, 7) is 5.26. The maximum absolute atomic E-state index is 5.77. The molecule has 2 nitrogen and oxygen atoms in total. The Kier molecular flexibility index (Phi) is 3.77. The van der Waals surface area contributed by atoms with E-state index in [1.165, 1.54) is 21.9 Å². The number of fused-ring (bicyclic) bond motifs is 1. The fraction of sp³-hybridized carbons (Fsp3) is 0.444. The van der Waals surface area contributed by atoms with Crippen molar-refractivity contribution in [2.24, 2.45) is 5.92 Å². The fourth-order valence-electron chi connectivity index (χ4n) is 3.53. The largest absolute Gasteiger partial charge is 0.378 e. The topological polar surface area (TPSA) is 21.3 Å². The second kappa shape index (κ2) is 5.55. The summed E-state index contributed by atoms with van der Waals surface area (Å²) in [7, 11) is 2.06. The molecule has 1 saturated heterocycles. The van der Waals surface area contributed by atoms with Crippen molar-refractivity contribution in [1.29, 1.82) is 0 Å². The highest BCUT2D eigenvalue weighted by Gasteiger charge is 2.32. The first-order valence-electron chi connectivity index (χ1n) is 7.49. The van der Waals surface area contributed by atoms with Gasteiger partial charge in [-0.25, -0.2) is 0 Å². The third kappa shape index (κ3) is 2.23. The molecule has 3 unspecified atom stereocenters. The molecule has 20 heavy (non-hydrogen) atoms. The number of rotatable bonds is 3. The second-order valence-corrected chi connectivity index (χ2v) is 5.81. The molecule has 2 aromatic carbocycles. The Morgan fingerprint density at radius 3 is 2.55 bits per heavy atom. The van der Waals surface area contributed by atoms with E-state index in [2.05, 4.69) is 62.6 Å². The molecule has 0 bridgehead atoms. The molecular weight excluding hydrogens is 246 g/mol. The first-order valence-corrected chi connectivity index (χ1v) is 7.49. The minimum Gasteiger partial charge on any atom is -0.378 e. The van der Waals surface area contributed by atoms with Crippen molar-refractivity contribution < 1.29 is 4.74 Å². The van der Waals surface area contributed by atoms with Gasteiger partial charge in [0.2, 0.25) is 0 Å². The summed E-state index contributed by atoms with van der Waals surface area (Å²) in [6.07, 6.45) is 1.46. The Bertz CT molecular complexity index is 607. The molecule has 0 saturated carbocycles. The van der Waals surface area contributed by atoms with E-state index >= 15 is 0 Å². The van der Waals surface area contributed by atoms with E-state index in [1.54, 1.807) is 0 Å². The first kappa shape index (κ1) is 13.6. The standard InChI is InChI=1S/C18H23NO/c1-12-8-9-17(16-7-5-4-6-14(12)16)18(19-3)15-10-11-20-13(15)2/h4-9,13,15,18-19H,10-11H2,1-3H3. The molecule has 1 aliphatic heterocycles. The van der Waals surface area contributed by atoms with Gasteiger partial charge in [-0.3, -0.25) is 0 Å². The highest BCUT2D eigenvalue weighted by Crippen LogP contribution is 2.36. The molecule has 1 fully saturated rings. The van der Waals surface area contributed by atoms with Crippen molar-refractivity contribution in [2.45, 2.75) is 32.4 Å². The zero-order chi connectivity index (χ0) is 14.1. The molecule has 1 heterocycles. The van der Waals surface area contributed by atoms with Gasteiger partial charge in [-0.2, -0.15) is 0 Å². The average Bonchev–Trinajstić information content (AvgIpc) is 2.89. The van der Waals surface area contributed by atoms with Crippen molar-refractivity contribution in [3.05, 3.63) is 47.5 Å². The van der Waals surface area contributed by atoms with Crippen molar-refractivity contribution in [2.75, 3.05) is 13.7 Å². The summed E-state index contributed by atoms with van der Waals surface area (Å²) in [4.78, 5) is 0. The van der Waals surface area contributed by atoms with Crippen LogP contribution >= 0.6 is 0 Å². The molecular formula is C18H23NO. The van der Waals surface area contributed by atoms with Gasteiger partial charge >= 0.3 is 0 Å². The second-order valence-electron chi connectivity index (χ2n) is 5.81. The molecule has 0 amide bonds. The van der Waals surface area contributed by atoms with Gasteiger partial charge in [0.15, 0.2) is 0 Å². The van der Waals surface area contributed by atoms with Crippen LogP contribution in [-0.2, 0) is 4.74 Å². The van der Waals surface area contributed by atoms with Crippen LogP contribution in [0.5, 0.6) is 0 Å². The minimum atomic E-state index is 0.326. The van der Waals surface area contributed by atoms with E-state index < -0.39 is 0 Å². The van der Waals surface area contributed by atoms with Crippen LogP contribution in [0.4, 0.5) is 0 Å². The molecule has 1 N–H and O–H groups in total. The third-order valence-corrected chi connectivity index (χ3v) is 4.68. The molecule has 0 spiro atoms. The van der Waals surface area contributed by atoms with Crippen LogP contribution in [0.15, 0.2) is 36.4 Å². The van der Waals surface area contributed by atoms with Crippen LogP contribution in [-0.4, -0.2) is 19.8 Å². The van der Waals surface area contributed by atoms with E-state index in [1.807, 2.05) is 0 Å². The maximum Gasteiger partial charge on any atom is 0.0594 e. The fourth-order valence-corrected chi connectivity index (χ4v) is 3.53. The molecule has 1 aliphatic rings. The summed E-state index contributed by atoms with van der Waals surface area (Å²) in [5.74, 6) is 0.547. The normalized spacial score (nSPS) is 24.1. The number of nitrogens with one attached hydrogen (secondary N) is 1. The van der Waals surface area contributed by atoms with Gasteiger partial charge in [0.1, 0.15) is 0 Å². The van der Waals surface area contributed by atoms with Gasteiger partial charge in [0.25, 0.3) is 0 Å². The van der Waals surface area contributed by atoms with Crippen molar-refractivity contribution >= 4 is 10.8 Å². The monoisotopic (exact) mass is 269 g/mol. The van der Waals surface area contributed by atoms with E-state index in [9.17, 15) is 0 Å². The third-order valence-electron chi connectivity index (χ3n) is 4.68. The van der Waals surface area contributed by atoms with Gasteiger partial charge in [0.05, 0.1) is 6.10 Å². The summed E-state index contributed by atoms with van der Waals surface area (Å²) in [5, 5.41) is 6.25. The Morgan fingerprint density at radius 1 is 1.15 bits per heavy atom. The number of aryl methyl sites for hydroxylation is 1. The maximum atomic E-state index is 5.77. The van der Waals surface area contributed by atoms with Crippen molar-refractivity contribution in [1.82, 2.24) is 5.32 Å². The Labute approximate surface area is 121 Å². The average molecular weight is 269 g/mol. The highest BCUT2D eigenvalue weighted by atomic mass is 16.5. The molecule has 2 heteroatoms. The molecule has 2 aromatic rings. The molecule has 3 rings (SSSR count). The Morgan fingerprint density at radius 2 is 1.90 bits per heavy atom. The Balaban J connectivity index is 2.10. The van der Waals surface area contributed by atoms with Crippen molar-refractivity contribution in [3.63, 3.8) is 0 Å². The van der Waals surface area contributed by atoms with E-state index in [0.29, 0.717) is 18.1 Å². The predicted molar refractivity (Wildman–Crippen MR) is 84.0 cm³/mol. The van der Waals surface area contributed by atoms with Gasteiger partial charge in [0, 0.05) is 18.6 Å². The van der Waals surface area contributed by atoms with Crippen molar-refractivity contribution in [3.8, 4) is 0 Å². The van der Waals surface area contributed by atoms with Crippen LogP contribution in [0.2, 0.25) is 0 Å². The number of benzene rings is 2. The number of hydrogen-bond donors (Lipinski definition) is 1. The predicted octanol–water partition coefficient (Wildman–Crippen LogP) is 3.83. The van der Waals surface area contributed by atoms with Crippen LogP contribution in [0.3, 0.4) is 0 Å². The first-order chi connectivity index (χ1) is 9.72. The SMILES string of the molecule is CNC(c1ccc(C)c2ccccc12)C1CCOC1C. The zero-order valence-corrected chi connectivity index (χ0v) is 12.5. The van der Waals surface area contributed by atoms with Crippen LogP contribution in [0.25, 0.3) is 10.8 Å².